The second-order valence-corrected chi connectivity index (χ2v) is 8.21. The summed E-state index contributed by atoms with van der Waals surface area (Å²) in [6, 6.07) is 3.70. The molecule has 1 aliphatic rings. The number of nitrogens with one attached hydrogen (secondary N) is 1. The van der Waals surface area contributed by atoms with E-state index in [1.807, 2.05) is 6.92 Å². The van der Waals surface area contributed by atoms with Gasteiger partial charge in [0.25, 0.3) is 0 Å². The van der Waals surface area contributed by atoms with E-state index in [-0.39, 0.29) is 18.0 Å². The van der Waals surface area contributed by atoms with Gasteiger partial charge in [0.1, 0.15) is 16.9 Å². The molecular weight excluding hydrogens is 428 g/mol. The third-order valence-corrected chi connectivity index (χ3v) is 5.94. The number of fused-ring (bicyclic) bond motifs is 1. The van der Waals surface area contributed by atoms with Crippen LogP contribution >= 0.6 is 0 Å². The molecule has 1 aliphatic carbocycles. The maximum atomic E-state index is 13.7. The Morgan fingerprint density at radius 3 is 2.73 bits per heavy atom. The monoisotopic (exact) mass is 451 g/mol. The second kappa shape index (κ2) is 8.36. The molecule has 0 saturated heterocycles. The average molecular weight is 451 g/mol. The van der Waals surface area contributed by atoms with Crippen molar-refractivity contribution in [2.75, 3.05) is 11.1 Å². The second-order valence-electron chi connectivity index (χ2n) is 8.21. The van der Waals surface area contributed by atoms with Crippen LogP contribution in [-0.4, -0.2) is 42.0 Å². The van der Waals surface area contributed by atoms with Gasteiger partial charge in [0, 0.05) is 35.6 Å². The van der Waals surface area contributed by atoms with Gasteiger partial charge in [-0.2, -0.15) is 5.10 Å². The summed E-state index contributed by atoms with van der Waals surface area (Å²) in [5.74, 6) is -0.942. The number of rotatable bonds is 5. The van der Waals surface area contributed by atoms with Crippen LogP contribution in [0.25, 0.3) is 27.8 Å². The maximum Gasteiger partial charge on any atom is 0.160 e. The summed E-state index contributed by atoms with van der Waals surface area (Å²) in [4.78, 5) is 13.9. The van der Waals surface area contributed by atoms with Gasteiger partial charge in [-0.3, -0.25) is 0 Å². The van der Waals surface area contributed by atoms with E-state index in [0.29, 0.717) is 46.5 Å². The first kappa shape index (κ1) is 21.2. The van der Waals surface area contributed by atoms with Gasteiger partial charge in [-0.15, -0.1) is 0 Å². The lowest BCUT2D eigenvalue weighted by Gasteiger charge is -2.17. The normalized spacial score (nSPS) is 18.2. The molecule has 4 aromatic rings. The molecule has 5 rings (SSSR count). The van der Waals surface area contributed by atoms with Crippen LogP contribution in [0.1, 0.15) is 31.9 Å². The SMILES string of the molecule is CCc1nc2c(N)ncc(-c3cnn(-c4ccc(F)c(F)c4)c3)c2nc1N[C@@H]1CC[C@H](O)C1. The van der Waals surface area contributed by atoms with E-state index in [1.54, 1.807) is 18.6 Å². The number of aliphatic hydroxyl groups is 1. The van der Waals surface area contributed by atoms with Gasteiger partial charge in [-0.1, -0.05) is 6.92 Å². The van der Waals surface area contributed by atoms with Gasteiger partial charge < -0.3 is 16.2 Å². The molecular formula is C23H23F2N7O. The van der Waals surface area contributed by atoms with Gasteiger partial charge in [0.05, 0.1) is 23.7 Å². The van der Waals surface area contributed by atoms with Crippen molar-refractivity contribution in [3.63, 3.8) is 0 Å². The smallest absolute Gasteiger partial charge is 0.160 e. The maximum absolute atomic E-state index is 13.7. The van der Waals surface area contributed by atoms with Crippen molar-refractivity contribution >= 4 is 22.7 Å². The number of hydrogen-bond donors (Lipinski definition) is 3. The summed E-state index contributed by atoms with van der Waals surface area (Å²) < 4.78 is 28.4. The van der Waals surface area contributed by atoms with Gasteiger partial charge in [0.15, 0.2) is 17.5 Å². The average Bonchev–Trinajstić information content (AvgIpc) is 3.45. The summed E-state index contributed by atoms with van der Waals surface area (Å²) in [7, 11) is 0. The van der Waals surface area contributed by atoms with Crippen LogP contribution in [0.5, 0.6) is 0 Å². The van der Waals surface area contributed by atoms with Crippen LogP contribution in [0.3, 0.4) is 0 Å². The molecule has 1 fully saturated rings. The van der Waals surface area contributed by atoms with E-state index < -0.39 is 11.6 Å². The molecule has 3 heterocycles. The summed E-state index contributed by atoms with van der Waals surface area (Å²) in [5, 5.41) is 17.6. The van der Waals surface area contributed by atoms with E-state index >= 15 is 0 Å². The van der Waals surface area contributed by atoms with E-state index in [1.165, 1.54) is 10.7 Å². The number of anilines is 2. The topological polar surface area (TPSA) is 115 Å². The van der Waals surface area contributed by atoms with Crippen molar-refractivity contribution in [1.29, 1.82) is 0 Å². The Labute approximate surface area is 188 Å². The van der Waals surface area contributed by atoms with Crippen LogP contribution in [0.4, 0.5) is 20.4 Å². The highest BCUT2D eigenvalue weighted by Gasteiger charge is 2.24. The number of halogens is 2. The van der Waals surface area contributed by atoms with Crippen molar-refractivity contribution in [3.8, 4) is 16.8 Å². The first-order chi connectivity index (χ1) is 15.9. The molecule has 1 aromatic carbocycles. The zero-order chi connectivity index (χ0) is 23.1. The van der Waals surface area contributed by atoms with Gasteiger partial charge in [-0.05, 0) is 37.8 Å². The molecule has 0 amide bonds. The van der Waals surface area contributed by atoms with E-state index in [2.05, 4.69) is 15.4 Å². The fraction of sp³-hybridized carbons (Fsp3) is 0.304. The summed E-state index contributed by atoms with van der Waals surface area (Å²) >= 11 is 0. The molecule has 170 valence electrons. The molecule has 0 spiro atoms. The quantitative estimate of drug-likeness (QED) is 0.424. The Hall–Kier alpha value is -3.66. The molecule has 1 saturated carbocycles. The summed E-state index contributed by atoms with van der Waals surface area (Å²) in [6.45, 7) is 1.99. The number of hydrogen-bond acceptors (Lipinski definition) is 7. The summed E-state index contributed by atoms with van der Waals surface area (Å²) in [6.07, 6.45) is 7.51. The lowest BCUT2D eigenvalue weighted by molar-refractivity contribution is 0.182. The molecule has 10 heteroatoms. The minimum Gasteiger partial charge on any atom is -0.393 e. The number of aryl methyl sites for hydroxylation is 1. The Balaban J connectivity index is 1.58. The van der Waals surface area contributed by atoms with Crippen LogP contribution in [0.15, 0.2) is 36.8 Å². The number of nitrogens with two attached hydrogens (primary N) is 1. The number of nitrogens with zero attached hydrogens (tertiary/aromatic N) is 5. The zero-order valence-electron chi connectivity index (χ0n) is 18.0. The number of aromatic nitrogens is 5. The lowest BCUT2D eigenvalue weighted by Crippen LogP contribution is -2.19. The van der Waals surface area contributed by atoms with Crippen molar-refractivity contribution in [1.82, 2.24) is 24.7 Å². The van der Waals surface area contributed by atoms with E-state index in [4.69, 9.17) is 15.7 Å². The van der Waals surface area contributed by atoms with Gasteiger partial charge >= 0.3 is 0 Å². The number of nitrogen functional groups attached to an aromatic ring is 1. The molecule has 0 bridgehead atoms. The summed E-state index contributed by atoms with van der Waals surface area (Å²) in [5.41, 5.74) is 9.67. The number of benzene rings is 1. The number of aliphatic hydroxyl groups excluding tert-OH is 1. The Morgan fingerprint density at radius 2 is 2.00 bits per heavy atom. The van der Waals surface area contributed by atoms with Gasteiger partial charge in [0.2, 0.25) is 0 Å². The third kappa shape index (κ3) is 3.97. The van der Waals surface area contributed by atoms with Crippen LogP contribution in [-0.2, 0) is 6.42 Å². The fourth-order valence-electron chi connectivity index (χ4n) is 4.18. The largest absolute Gasteiger partial charge is 0.393 e. The Kier molecular flexibility index (Phi) is 5.37. The van der Waals surface area contributed by atoms with Crippen LogP contribution < -0.4 is 11.1 Å². The van der Waals surface area contributed by atoms with Crippen molar-refractivity contribution in [3.05, 3.63) is 54.1 Å². The molecule has 0 aliphatic heterocycles. The Morgan fingerprint density at radius 1 is 1.15 bits per heavy atom. The molecule has 0 unspecified atom stereocenters. The van der Waals surface area contributed by atoms with Crippen molar-refractivity contribution in [2.24, 2.45) is 0 Å². The first-order valence-electron chi connectivity index (χ1n) is 10.8. The molecule has 0 radical (unpaired) electrons. The van der Waals surface area contributed by atoms with Gasteiger partial charge in [-0.25, -0.2) is 28.4 Å². The molecule has 4 N–H and O–H groups in total. The highest BCUT2D eigenvalue weighted by molar-refractivity contribution is 5.96. The zero-order valence-corrected chi connectivity index (χ0v) is 18.0. The first-order valence-corrected chi connectivity index (χ1v) is 10.8. The number of pyridine rings is 1. The molecule has 8 nitrogen and oxygen atoms in total. The third-order valence-electron chi connectivity index (χ3n) is 5.94. The van der Waals surface area contributed by atoms with E-state index in [0.717, 1.165) is 30.7 Å². The predicted octanol–water partition coefficient (Wildman–Crippen LogP) is 3.63. The van der Waals surface area contributed by atoms with Crippen LogP contribution in [0, 0.1) is 11.6 Å². The minimum atomic E-state index is -0.949. The highest BCUT2D eigenvalue weighted by Crippen LogP contribution is 2.32. The predicted molar refractivity (Wildman–Crippen MR) is 121 cm³/mol. The Bertz CT molecular complexity index is 1340. The fourth-order valence-corrected chi connectivity index (χ4v) is 4.18. The van der Waals surface area contributed by atoms with Crippen LogP contribution in [0.2, 0.25) is 0 Å². The van der Waals surface area contributed by atoms with Crippen molar-refractivity contribution in [2.45, 2.75) is 44.8 Å². The molecule has 33 heavy (non-hydrogen) atoms. The molecule has 3 aromatic heterocycles. The lowest BCUT2D eigenvalue weighted by atomic mass is 10.1. The minimum absolute atomic E-state index is 0.121. The highest BCUT2D eigenvalue weighted by atomic mass is 19.2. The van der Waals surface area contributed by atoms with Crippen molar-refractivity contribution < 1.29 is 13.9 Å². The van der Waals surface area contributed by atoms with E-state index in [9.17, 15) is 13.9 Å². The molecule has 2 atom stereocenters. The standard InChI is InChI=1S/C23H23F2N7O/c1-2-19-23(29-13-3-5-15(33)7-13)31-20-16(10-27-22(26)21(20)30-19)12-9-28-32(11-12)14-4-6-17(24)18(25)8-14/h4,6,8-11,13,15,33H,2-3,5,7H2,1H3,(H2,26,27)(H,29,31)/t13-,15+/m1/s1.